The molecule has 1 aliphatic heterocycles. The first-order chi connectivity index (χ1) is 11.0. The van der Waals surface area contributed by atoms with Crippen LogP contribution < -0.4 is 5.32 Å². The number of carbonyl (C=O) groups excluding carboxylic acids is 1. The lowest BCUT2D eigenvalue weighted by Gasteiger charge is -2.31. The molecule has 0 aliphatic carbocycles. The molecular formula is C16H24N2O4S. The molecule has 0 saturated carbocycles. The molecule has 23 heavy (non-hydrogen) atoms. The number of hydrogen-bond donors (Lipinski definition) is 1. The van der Waals surface area contributed by atoms with Crippen LogP contribution in [0.15, 0.2) is 30.3 Å². The number of carbonyl (C=O) groups is 1. The Balaban J connectivity index is 1.95. The second-order valence-corrected chi connectivity index (χ2v) is 7.69. The van der Waals surface area contributed by atoms with Gasteiger partial charge in [0.15, 0.2) is 0 Å². The Morgan fingerprint density at radius 1 is 1.35 bits per heavy atom. The van der Waals surface area contributed by atoms with Gasteiger partial charge in [-0.3, -0.25) is 4.79 Å². The van der Waals surface area contributed by atoms with Crippen molar-refractivity contribution in [2.45, 2.75) is 18.6 Å². The summed E-state index contributed by atoms with van der Waals surface area (Å²) in [5.41, 5.74) is 0.763. The van der Waals surface area contributed by atoms with Gasteiger partial charge in [-0.05, 0) is 18.4 Å². The Morgan fingerprint density at radius 3 is 2.78 bits per heavy atom. The van der Waals surface area contributed by atoms with Crippen LogP contribution in [0.2, 0.25) is 0 Å². The van der Waals surface area contributed by atoms with Crippen LogP contribution in [0.4, 0.5) is 0 Å². The van der Waals surface area contributed by atoms with Gasteiger partial charge in [-0.25, -0.2) is 12.7 Å². The molecule has 0 unspecified atom stereocenters. The largest absolute Gasteiger partial charge is 0.383 e. The van der Waals surface area contributed by atoms with Crippen LogP contribution in [0.3, 0.4) is 0 Å². The van der Waals surface area contributed by atoms with Crippen molar-refractivity contribution in [3.8, 4) is 0 Å². The Bertz CT molecular complexity index is 604. The molecule has 1 saturated heterocycles. The van der Waals surface area contributed by atoms with E-state index in [2.05, 4.69) is 5.32 Å². The van der Waals surface area contributed by atoms with Crippen LogP contribution in [0.1, 0.15) is 18.4 Å². The van der Waals surface area contributed by atoms with Crippen molar-refractivity contribution >= 4 is 15.9 Å². The van der Waals surface area contributed by atoms with Gasteiger partial charge < -0.3 is 10.1 Å². The Hall–Kier alpha value is -1.44. The lowest BCUT2D eigenvalue weighted by atomic mass is 9.99. The van der Waals surface area contributed by atoms with Gasteiger partial charge in [0.05, 0.1) is 18.3 Å². The van der Waals surface area contributed by atoms with E-state index in [0.717, 1.165) is 12.0 Å². The summed E-state index contributed by atoms with van der Waals surface area (Å²) in [5.74, 6) is -0.404. The number of methoxy groups -OCH3 is 1. The maximum absolute atomic E-state index is 12.6. The van der Waals surface area contributed by atoms with Crippen LogP contribution in [0.25, 0.3) is 0 Å². The van der Waals surface area contributed by atoms with E-state index in [1.165, 1.54) is 4.31 Å². The van der Waals surface area contributed by atoms with Crippen LogP contribution >= 0.6 is 0 Å². The zero-order chi connectivity index (χ0) is 16.7. The number of sulfonamides is 1. The summed E-state index contributed by atoms with van der Waals surface area (Å²) in [5, 5.41) is 2.79. The summed E-state index contributed by atoms with van der Waals surface area (Å²) < 4.78 is 31.5. The van der Waals surface area contributed by atoms with Crippen LogP contribution in [0.5, 0.6) is 0 Å². The summed E-state index contributed by atoms with van der Waals surface area (Å²) in [6.45, 7) is 1.64. The maximum Gasteiger partial charge on any atom is 0.224 e. The Morgan fingerprint density at radius 2 is 2.09 bits per heavy atom. The van der Waals surface area contributed by atoms with Gasteiger partial charge in [0.2, 0.25) is 15.9 Å². The molecule has 0 radical (unpaired) electrons. The fourth-order valence-corrected chi connectivity index (χ4v) is 4.32. The lowest BCUT2D eigenvalue weighted by molar-refractivity contribution is -0.126. The van der Waals surface area contributed by atoms with E-state index in [1.54, 1.807) is 19.2 Å². The molecule has 1 aromatic rings. The molecule has 0 aromatic heterocycles. The Kier molecular flexibility index (Phi) is 6.56. The average Bonchev–Trinajstić information content (AvgIpc) is 2.55. The van der Waals surface area contributed by atoms with Crippen LogP contribution in [-0.4, -0.2) is 52.0 Å². The van der Waals surface area contributed by atoms with Gasteiger partial charge in [0.1, 0.15) is 0 Å². The number of benzene rings is 1. The van der Waals surface area contributed by atoms with Crippen molar-refractivity contribution in [2.24, 2.45) is 5.92 Å². The molecule has 1 fully saturated rings. The lowest BCUT2D eigenvalue weighted by Crippen LogP contribution is -2.46. The molecule has 1 aliphatic rings. The van der Waals surface area contributed by atoms with Crippen molar-refractivity contribution in [1.29, 1.82) is 0 Å². The summed E-state index contributed by atoms with van der Waals surface area (Å²) in [6, 6.07) is 9.12. The van der Waals surface area contributed by atoms with Gasteiger partial charge in [-0.2, -0.15) is 0 Å². The Labute approximate surface area is 137 Å². The highest BCUT2D eigenvalue weighted by atomic mass is 32.2. The van der Waals surface area contributed by atoms with E-state index in [1.807, 2.05) is 18.2 Å². The van der Waals surface area contributed by atoms with Gasteiger partial charge in [0.25, 0.3) is 0 Å². The topological polar surface area (TPSA) is 75.7 Å². The molecule has 0 bridgehead atoms. The summed E-state index contributed by atoms with van der Waals surface area (Å²) >= 11 is 0. The van der Waals surface area contributed by atoms with E-state index in [9.17, 15) is 13.2 Å². The van der Waals surface area contributed by atoms with Gasteiger partial charge in [-0.1, -0.05) is 30.3 Å². The molecule has 1 N–H and O–H groups in total. The highest BCUT2D eigenvalue weighted by molar-refractivity contribution is 7.88. The molecule has 0 spiro atoms. The molecular weight excluding hydrogens is 316 g/mol. The van der Waals surface area contributed by atoms with E-state index in [4.69, 9.17) is 4.74 Å². The van der Waals surface area contributed by atoms with Crippen molar-refractivity contribution < 1.29 is 17.9 Å². The van der Waals surface area contributed by atoms with Crippen molar-refractivity contribution in [3.05, 3.63) is 35.9 Å². The van der Waals surface area contributed by atoms with Crippen LogP contribution in [-0.2, 0) is 25.3 Å². The SMILES string of the molecule is COCCNC(=O)[C@H]1CCCN(S(=O)(=O)Cc2ccccc2)C1. The maximum atomic E-state index is 12.6. The van der Waals surface area contributed by atoms with Gasteiger partial charge >= 0.3 is 0 Å². The third kappa shape index (κ3) is 5.30. The van der Waals surface area contributed by atoms with Crippen molar-refractivity contribution in [1.82, 2.24) is 9.62 Å². The van der Waals surface area contributed by atoms with E-state index >= 15 is 0 Å². The molecule has 128 valence electrons. The standard InChI is InChI=1S/C16H24N2O4S/c1-22-11-9-17-16(19)15-8-5-10-18(12-15)23(20,21)13-14-6-3-2-4-7-14/h2-4,6-7,15H,5,8-13H2,1H3,(H,17,19)/t15-/m0/s1. The van der Waals surface area contributed by atoms with Gasteiger partial charge in [-0.15, -0.1) is 0 Å². The molecule has 1 heterocycles. The number of nitrogens with one attached hydrogen (secondary N) is 1. The predicted octanol–water partition coefficient (Wildman–Crippen LogP) is 0.991. The zero-order valence-electron chi connectivity index (χ0n) is 13.4. The molecule has 1 amide bonds. The first-order valence-corrected chi connectivity index (χ1v) is 9.42. The van der Waals surface area contributed by atoms with E-state index in [-0.39, 0.29) is 24.1 Å². The van der Waals surface area contributed by atoms with E-state index < -0.39 is 10.0 Å². The number of piperidine rings is 1. The minimum absolute atomic E-state index is 0.0220. The number of ether oxygens (including phenoxy) is 1. The normalized spacial score (nSPS) is 19.4. The smallest absolute Gasteiger partial charge is 0.224 e. The fraction of sp³-hybridized carbons (Fsp3) is 0.562. The van der Waals surface area contributed by atoms with Crippen molar-refractivity contribution in [3.63, 3.8) is 0 Å². The number of hydrogen-bond acceptors (Lipinski definition) is 4. The molecule has 6 nitrogen and oxygen atoms in total. The number of rotatable bonds is 7. The van der Waals surface area contributed by atoms with Gasteiger partial charge in [0, 0.05) is 26.7 Å². The molecule has 1 aromatic carbocycles. The van der Waals surface area contributed by atoms with Crippen molar-refractivity contribution in [2.75, 3.05) is 33.4 Å². The first-order valence-electron chi connectivity index (χ1n) is 7.81. The monoisotopic (exact) mass is 340 g/mol. The highest BCUT2D eigenvalue weighted by Gasteiger charge is 2.32. The molecule has 2 rings (SSSR count). The quantitative estimate of drug-likeness (QED) is 0.751. The minimum atomic E-state index is -3.40. The zero-order valence-corrected chi connectivity index (χ0v) is 14.2. The summed E-state index contributed by atoms with van der Waals surface area (Å²) in [4.78, 5) is 12.1. The fourth-order valence-electron chi connectivity index (χ4n) is 2.71. The third-order valence-corrected chi connectivity index (χ3v) is 5.76. The third-order valence-electron chi connectivity index (χ3n) is 3.95. The summed E-state index contributed by atoms with van der Waals surface area (Å²) in [6.07, 6.45) is 1.42. The predicted molar refractivity (Wildman–Crippen MR) is 88.2 cm³/mol. The summed E-state index contributed by atoms with van der Waals surface area (Å²) in [7, 11) is -1.83. The van der Waals surface area contributed by atoms with E-state index in [0.29, 0.717) is 26.1 Å². The number of amides is 1. The second kappa shape index (κ2) is 8.42. The first kappa shape index (κ1) is 17.9. The minimum Gasteiger partial charge on any atom is -0.383 e. The van der Waals surface area contributed by atoms with Crippen LogP contribution in [0, 0.1) is 5.92 Å². The number of nitrogens with zero attached hydrogens (tertiary/aromatic N) is 1. The average molecular weight is 340 g/mol. The molecule has 1 atom stereocenters. The molecule has 7 heteroatoms. The highest BCUT2D eigenvalue weighted by Crippen LogP contribution is 2.21. The second-order valence-electron chi connectivity index (χ2n) is 5.72.